The van der Waals surface area contributed by atoms with Gasteiger partial charge in [0.1, 0.15) is 5.56 Å². The Hall–Kier alpha value is -2.08. The highest BCUT2D eigenvalue weighted by molar-refractivity contribution is 7.99. The Morgan fingerprint density at radius 3 is 3.00 bits per heavy atom. The Balaban J connectivity index is 2.01. The molecule has 0 fully saturated rings. The summed E-state index contributed by atoms with van der Waals surface area (Å²) in [5.74, 6) is 0.535. The van der Waals surface area contributed by atoms with Crippen LogP contribution in [-0.2, 0) is 6.54 Å². The Morgan fingerprint density at radius 1 is 1.45 bits per heavy atom. The summed E-state index contributed by atoms with van der Waals surface area (Å²) in [6, 6.07) is 7.70. The van der Waals surface area contributed by atoms with Crippen molar-refractivity contribution in [1.82, 2.24) is 9.55 Å². The van der Waals surface area contributed by atoms with Crippen molar-refractivity contribution in [3.63, 3.8) is 0 Å². The van der Waals surface area contributed by atoms with Crippen LogP contribution in [0.5, 0.6) is 0 Å². The number of hydrogen-bond donors (Lipinski definition) is 0. The quantitative estimate of drug-likeness (QED) is 0.816. The summed E-state index contributed by atoms with van der Waals surface area (Å²) in [4.78, 5) is 31.1. The number of nitrogens with zero attached hydrogens (tertiary/aromatic N) is 3. The first-order valence-corrected chi connectivity index (χ1v) is 8.21. The molecule has 1 aromatic heterocycles. The Morgan fingerprint density at radius 2 is 2.27 bits per heavy atom. The molecule has 1 amide bonds. The first kappa shape index (κ1) is 14.8. The van der Waals surface area contributed by atoms with Crippen LogP contribution in [0.1, 0.15) is 22.8 Å². The van der Waals surface area contributed by atoms with Crippen molar-refractivity contribution >= 4 is 23.4 Å². The largest absolute Gasteiger partial charge is 0.308 e. The van der Waals surface area contributed by atoms with Crippen molar-refractivity contribution in [3.05, 3.63) is 51.9 Å². The highest BCUT2D eigenvalue weighted by Gasteiger charge is 2.24. The molecule has 0 aliphatic carbocycles. The maximum absolute atomic E-state index is 12.8. The Labute approximate surface area is 133 Å². The van der Waals surface area contributed by atoms with Gasteiger partial charge < -0.3 is 4.90 Å². The topological polar surface area (TPSA) is 55.2 Å². The lowest BCUT2D eigenvalue weighted by Gasteiger charge is -2.21. The van der Waals surface area contributed by atoms with Crippen LogP contribution in [0.15, 0.2) is 40.4 Å². The number of fused-ring (bicyclic) bond motifs is 1. The van der Waals surface area contributed by atoms with Crippen molar-refractivity contribution in [2.45, 2.75) is 25.5 Å². The summed E-state index contributed by atoms with van der Waals surface area (Å²) in [6.45, 7) is 4.99. The Kier molecular flexibility index (Phi) is 4.02. The molecule has 0 N–H and O–H groups in total. The van der Waals surface area contributed by atoms with Crippen LogP contribution in [0.2, 0.25) is 0 Å². The first-order chi connectivity index (χ1) is 10.6. The van der Waals surface area contributed by atoms with Crippen LogP contribution in [0.25, 0.3) is 0 Å². The Bertz CT molecular complexity index is 785. The first-order valence-electron chi connectivity index (χ1n) is 7.23. The lowest BCUT2D eigenvalue weighted by atomic mass is 10.2. The molecule has 0 atom stereocenters. The average molecular weight is 315 g/mol. The number of carbonyl (C=O) groups is 1. The van der Waals surface area contributed by atoms with E-state index in [1.807, 2.05) is 38.1 Å². The van der Waals surface area contributed by atoms with E-state index >= 15 is 0 Å². The lowest BCUT2D eigenvalue weighted by molar-refractivity contribution is 0.0985. The van der Waals surface area contributed by atoms with Crippen molar-refractivity contribution in [2.75, 3.05) is 17.2 Å². The van der Waals surface area contributed by atoms with E-state index < -0.39 is 0 Å². The van der Waals surface area contributed by atoms with E-state index in [0.29, 0.717) is 18.2 Å². The monoisotopic (exact) mass is 315 g/mol. The summed E-state index contributed by atoms with van der Waals surface area (Å²) < 4.78 is 1.59. The molecule has 22 heavy (non-hydrogen) atoms. The molecule has 2 aromatic rings. The van der Waals surface area contributed by atoms with Crippen molar-refractivity contribution in [3.8, 4) is 0 Å². The zero-order chi connectivity index (χ0) is 15.7. The maximum atomic E-state index is 12.8. The number of benzene rings is 1. The SMILES string of the molecule is CCN(C(=O)c1cnc2n(c1=O)CCS2)c1cccc(C)c1. The molecule has 0 saturated heterocycles. The van der Waals surface area contributed by atoms with Crippen LogP contribution < -0.4 is 10.5 Å². The molecule has 5 nitrogen and oxygen atoms in total. The van der Waals surface area contributed by atoms with Crippen LogP contribution in [-0.4, -0.2) is 27.8 Å². The fourth-order valence-electron chi connectivity index (χ4n) is 2.55. The number of thioether (sulfide) groups is 1. The van der Waals surface area contributed by atoms with Gasteiger partial charge in [-0.3, -0.25) is 14.2 Å². The summed E-state index contributed by atoms with van der Waals surface area (Å²) >= 11 is 1.54. The van der Waals surface area contributed by atoms with Crippen molar-refractivity contribution < 1.29 is 4.79 Å². The fraction of sp³-hybridized carbons (Fsp3) is 0.312. The number of anilines is 1. The van der Waals surface area contributed by atoms with E-state index in [1.54, 1.807) is 21.2 Å². The number of aromatic nitrogens is 2. The van der Waals surface area contributed by atoms with Crippen LogP contribution in [0.3, 0.4) is 0 Å². The minimum atomic E-state index is -0.294. The highest BCUT2D eigenvalue weighted by Crippen LogP contribution is 2.22. The van der Waals surface area contributed by atoms with Gasteiger partial charge in [-0.2, -0.15) is 0 Å². The average Bonchev–Trinajstić information content (AvgIpc) is 2.98. The normalized spacial score (nSPS) is 13.0. The minimum absolute atomic E-state index is 0.134. The van der Waals surface area contributed by atoms with Crippen LogP contribution in [0, 0.1) is 6.92 Å². The van der Waals surface area contributed by atoms with E-state index in [-0.39, 0.29) is 17.0 Å². The molecule has 3 rings (SSSR count). The molecule has 0 saturated carbocycles. The minimum Gasteiger partial charge on any atom is -0.308 e. The molecule has 0 bridgehead atoms. The third kappa shape index (κ3) is 2.54. The van der Waals surface area contributed by atoms with Gasteiger partial charge in [-0.25, -0.2) is 4.98 Å². The van der Waals surface area contributed by atoms with Gasteiger partial charge in [0.05, 0.1) is 0 Å². The van der Waals surface area contributed by atoms with Gasteiger partial charge in [0.15, 0.2) is 5.16 Å². The molecular formula is C16H17N3O2S. The van der Waals surface area contributed by atoms with Gasteiger partial charge in [0.2, 0.25) is 0 Å². The van der Waals surface area contributed by atoms with Gasteiger partial charge >= 0.3 is 0 Å². The van der Waals surface area contributed by atoms with E-state index in [1.165, 1.54) is 6.20 Å². The molecule has 0 unspecified atom stereocenters. The second kappa shape index (κ2) is 5.96. The van der Waals surface area contributed by atoms with E-state index in [4.69, 9.17) is 0 Å². The fourth-order valence-corrected chi connectivity index (χ4v) is 3.46. The van der Waals surface area contributed by atoms with Gasteiger partial charge in [-0.15, -0.1) is 0 Å². The predicted molar refractivity (Wildman–Crippen MR) is 87.8 cm³/mol. The standard InChI is InChI=1S/C16H17N3O2S/c1-3-18(12-6-4-5-11(2)9-12)14(20)13-10-17-16-19(15(13)21)7-8-22-16/h4-6,9-10H,3,7-8H2,1-2H3. The molecule has 0 spiro atoms. The highest BCUT2D eigenvalue weighted by atomic mass is 32.2. The third-order valence-corrected chi connectivity index (χ3v) is 4.63. The summed E-state index contributed by atoms with van der Waals surface area (Å²) in [5, 5.41) is 0.695. The molecule has 2 heterocycles. The van der Waals surface area contributed by atoms with Gasteiger partial charge in [0, 0.05) is 30.7 Å². The molecular weight excluding hydrogens is 298 g/mol. The number of rotatable bonds is 3. The molecule has 6 heteroatoms. The number of aryl methyl sites for hydroxylation is 1. The molecule has 1 aliphatic heterocycles. The van der Waals surface area contributed by atoms with Crippen molar-refractivity contribution in [2.24, 2.45) is 0 Å². The number of amides is 1. The van der Waals surface area contributed by atoms with Crippen LogP contribution in [0.4, 0.5) is 5.69 Å². The third-order valence-electron chi connectivity index (χ3n) is 3.66. The van der Waals surface area contributed by atoms with E-state index in [0.717, 1.165) is 17.0 Å². The van der Waals surface area contributed by atoms with Crippen LogP contribution >= 0.6 is 11.8 Å². The lowest BCUT2D eigenvalue weighted by Crippen LogP contribution is -2.37. The second-order valence-corrected chi connectivity index (χ2v) is 6.21. The zero-order valence-electron chi connectivity index (χ0n) is 12.6. The van der Waals surface area contributed by atoms with Crippen molar-refractivity contribution in [1.29, 1.82) is 0 Å². The van der Waals surface area contributed by atoms with Gasteiger partial charge in [-0.1, -0.05) is 23.9 Å². The zero-order valence-corrected chi connectivity index (χ0v) is 13.4. The van der Waals surface area contributed by atoms with Gasteiger partial charge in [0.25, 0.3) is 11.5 Å². The number of hydrogen-bond acceptors (Lipinski definition) is 4. The van der Waals surface area contributed by atoms with Gasteiger partial charge in [-0.05, 0) is 31.5 Å². The summed E-state index contributed by atoms with van der Waals surface area (Å²) in [7, 11) is 0. The molecule has 1 aromatic carbocycles. The second-order valence-electron chi connectivity index (χ2n) is 5.15. The number of carbonyl (C=O) groups excluding carboxylic acids is 1. The molecule has 0 radical (unpaired) electrons. The molecule has 114 valence electrons. The van der Waals surface area contributed by atoms with E-state index in [9.17, 15) is 9.59 Å². The maximum Gasteiger partial charge on any atom is 0.267 e. The van der Waals surface area contributed by atoms with E-state index in [2.05, 4.69) is 4.98 Å². The summed E-state index contributed by atoms with van der Waals surface area (Å²) in [5.41, 5.74) is 1.76. The predicted octanol–water partition coefficient (Wildman–Crippen LogP) is 2.32. The summed E-state index contributed by atoms with van der Waals surface area (Å²) in [6.07, 6.45) is 1.41. The smallest absolute Gasteiger partial charge is 0.267 e. The molecule has 1 aliphatic rings.